The van der Waals surface area contributed by atoms with Crippen molar-refractivity contribution in [1.82, 2.24) is 5.32 Å². The number of nitrogens with one attached hydrogen (secondary N) is 1. The Morgan fingerprint density at radius 3 is 3.00 bits per heavy atom. The molecule has 0 aliphatic carbocycles. The maximum atomic E-state index is 11.7. The van der Waals surface area contributed by atoms with Crippen LogP contribution in [0, 0.1) is 11.8 Å². The molecule has 0 spiro atoms. The lowest BCUT2D eigenvalue weighted by Crippen LogP contribution is -2.30. The summed E-state index contributed by atoms with van der Waals surface area (Å²) in [5.74, 6) is 0.422. The van der Waals surface area contributed by atoms with Gasteiger partial charge in [0.05, 0.1) is 19.1 Å². The summed E-state index contributed by atoms with van der Waals surface area (Å²) in [5.41, 5.74) is 0. The van der Waals surface area contributed by atoms with E-state index in [2.05, 4.69) is 5.32 Å². The molecule has 86 valence electrons. The average Bonchev–Trinajstić information content (AvgIpc) is 2.84. The number of esters is 1. The van der Waals surface area contributed by atoms with Gasteiger partial charge in [0.1, 0.15) is 0 Å². The second-order valence-corrected chi connectivity index (χ2v) is 4.50. The summed E-state index contributed by atoms with van der Waals surface area (Å²) in [6.07, 6.45) is 1.92. The molecule has 0 aromatic heterocycles. The fourth-order valence-corrected chi connectivity index (χ4v) is 2.20. The van der Waals surface area contributed by atoms with Crippen molar-refractivity contribution in [3.8, 4) is 0 Å². The van der Waals surface area contributed by atoms with Crippen LogP contribution in [-0.2, 0) is 14.3 Å². The molecule has 4 nitrogen and oxygen atoms in total. The summed E-state index contributed by atoms with van der Waals surface area (Å²) in [6, 6.07) is 0.261. The third kappa shape index (κ3) is 2.69. The zero-order valence-corrected chi connectivity index (χ0v) is 9.20. The molecule has 2 rings (SSSR count). The number of hydrogen-bond acceptors (Lipinski definition) is 4. The van der Waals surface area contributed by atoms with E-state index in [1.165, 1.54) is 0 Å². The van der Waals surface area contributed by atoms with Crippen molar-refractivity contribution in [3.63, 3.8) is 0 Å². The topological polar surface area (TPSA) is 47.6 Å². The molecule has 0 aromatic rings. The molecule has 0 saturated carbocycles. The Balaban J connectivity index is 1.71. The highest BCUT2D eigenvalue weighted by Crippen LogP contribution is 2.18. The van der Waals surface area contributed by atoms with E-state index in [1.807, 2.05) is 6.92 Å². The molecular weight excluding hydrogens is 194 g/mol. The lowest BCUT2D eigenvalue weighted by Gasteiger charge is -2.15. The second kappa shape index (κ2) is 4.94. The van der Waals surface area contributed by atoms with E-state index in [1.54, 1.807) is 0 Å². The monoisotopic (exact) mass is 213 g/mol. The first-order valence-corrected chi connectivity index (χ1v) is 5.75. The van der Waals surface area contributed by atoms with Crippen molar-refractivity contribution in [2.45, 2.75) is 25.8 Å². The predicted molar refractivity (Wildman–Crippen MR) is 55.5 cm³/mol. The molecule has 2 aliphatic heterocycles. The van der Waals surface area contributed by atoms with Gasteiger partial charge in [-0.3, -0.25) is 4.79 Å². The van der Waals surface area contributed by atoms with Crippen LogP contribution in [0.5, 0.6) is 0 Å². The smallest absolute Gasteiger partial charge is 0.310 e. The van der Waals surface area contributed by atoms with E-state index in [0.29, 0.717) is 12.5 Å². The van der Waals surface area contributed by atoms with E-state index < -0.39 is 0 Å². The van der Waals surface area contributed by atoms with Gasteiger partial charge < -0.3 is 14.8 Å². The van der Waals surface area contributed by atoms with Crippen LogP contribution in [0.3, 0.4) is 0 Å². The summed E-state index contributed by atoms with van der Waals surface area (Å²) >= 11 is 0. The highest BCUT2D eigenvalue weighted by atomic mass is 16.5. The molecular formula is C11H19NO3. The van der Waals surface area contributed by atoms with Gasteiger partial charge in [-0.05, 0) is 26.3 Å². The second-order valence-electron chi connectivity index (χ2n) is 4.50. The zero-order valence-electron chi connectivity index (χ0n) is 9.20. The summed E-state index contributed by atoms with van der Waals surface area (Å²) in [6.45, 7) is 5.04. The lowest BCUT2D eigenvalue weighted by molar-refractivity contribution is -0.150. The molecule has 0 bridgehead atoms. The van der Waals surface area contributed by atoms with Crippen LogP contribution in [0.4, 0.5) is 0 Å². The van der Waals surface area contributed by atoms with E-state index in [4.69, 9.17) is 9.47 Å². The Hall–Kier alpha value is -0.610. The standard InChI is InChI=1S/C11H19NO3/c1-8-10(2-4-12-8)11(13)15-7-9-3-5-14-6-9/h8-10,12H,2-7H2,1H3. The first-order chi connectivity index (χ1) is 7.27. The van der Waals surface area contributed by atoms with Crippen LogP contribution >= 0.6 is 0 Å². The van der Waals surface area contributed by atoms with Gasteiger partial charge in [0, 0.05) is 18.6 Å². The number of carbonyl (C=O) groups is 1. The highest BCUT2D eigenvalue weighted by molar-refractivity contribution is 5.73. The van der Waals surface area contributed by atoms with Gasteiger partial charge >= 0.3 is 5.97 Å². The minimum absolute atomic E-state index is 0.0422. The van der Waals surface area contributed by atoms with E-state index >= 15 is 0 Å². The third-order valence-corrected chi connectivity index (χ3v) is 3.31. The molecule has 0 radical (unpaired) electrons. The zero-order chi connectivity index (χ0) is 10.7. The van der Waals surface area contributed by atoms with E-state index in [-0.39, 0.29) is 17.9 Å². The van der Waals surface area contributed by atoms with E-state index in [0.717, 1.165) is 32.6 Å². The van der Waals surface area contributed by atoms with Crippen LogP contribution < -0.4 is 5.32 Å². The minimum atomic E-state index is -0.0422. The van der Waals surface area contributed by atoms with Gasteiger partial charge in [-0.25, -0.2) is 0 Å². The molecule has 1 N–H and O–H groups in total. The Morgan fingerprint density at radius 1 is 1.53 bits per heavy atom. The van der Waals surface area contributed by atoms with Crippen LogP contribution in [0.2, 0.25) is 0 Å². The van der Waals surface area contributed by atoms with Gasteiger partial charge in [-0.2, -0.15) is 0 Å². The molecule has 3 atom stereocenters. The summed E-state index contributed by atoms with van der Waals surface area (Å²) in [5, 5.41) is 3.25. The Bertz CT molecular complexity index is 226. The fourth-order valence-electron chi connectivity index (χ4n) is 2.20. The van der Waals surface area contributed by atoms with Crippen LogP contribution in [0.1, 0.15) is 19.8 Å². The summed E-state index contributed by atoms with van der Waals surface area (Å²) < 4.78 is 10.6. The van der Waals surface area contributed by atoms with Crippen LogP contribution in [0.15, 0.2) is 0 Å². The van der Waals surface area contributed by atoms with Crippen molar-refractivity contribution < 1.29 is 14.3 Å². The predicted octanol–water partition coefficient (Wildman–Crippen LogP) is 0.564. The Morgan fingerprint density at radius 2 is 2.40 bits per heavy atom. The molecule has 2 heterocycles. The molecule has 2 fully saturated rings. The van der Waals surface area contributed by atoms with Gasteiger partial charge in [-0.1, -0.05) is 0 Å². The van der Waals surface area contributed by atoms with Gasteiger partial charge in [-0.15, -0.1) is 0 Å². The largest absolute Gasteiger partial charge is 0.465 e. The molecule has 0 aromatic carbocycles. The SMILES string of the molecule is CC1NCCC1C(=O)OCC1CCOC1. The van der Waals surface area contributed by atoms with Crippen LogP contribution in [-0.4, -0.2) is 38.4 Å². The van der Waals surface area contributed by atoms with Crippen molar-refractivity contribution >= 4 is 5.97 Å². The van der Waals surface area contributed by atoms with Gasteiger partial charge in [0.15, 0.2) is 0 Å². The van der Waals surface area contributed by atoms with Gasteiger partial charge in [0.25, 0.3) is 0 Å². The quantitative estimate of drug-likeness (QED) is 0.696. The van der Waals surface area contributed by atoms with Gasteiger partial charge in [0.2, 0.25) is 0 Å². The number of rotatable bonds is 3. The van der Waals surface area contributed by atoms with Crippen molar-refractivity contribution in [3.05, 3.63) is 0 Å². The number of ether oxygens (including phenoxy) is 2. The van der Waals surface area contributed by atoms with Crippen molar-refractivity contribution in [2.75, 3.05) is 26.4 Å². The Labute approximate surface area is 90.3 Å². The number of carbonyl (C=O) groups excluding carboxylic acids is 1. The lowest BCUT2D eigenvalue weighted by atomic mass is 10.0. The third-order valence-electron chi connectivity index (χ3n) is 3.31. The van der Waals surface area contributed by atoms with Crippen molar-refractivity contribution in [1.29, 1.82) is 0 Å². The molecule has 3 unspecified atom stereocenters. The fraction of sp³-hybridized carbons (Fsp3) is 0.909. The average molecular weight is 213 g/mol. The molecule has 4 heteroatoms. The molecule has 0 amide bonds. The van der Waals surface area contributed by atoms with Crippen molar-refractivity contribution in [2.24, 2.45) is 11.8 Å². The summed E-state index contributed by atoms with van der Waals surface area (Å²) in [4.78, 5) is 11.7. The first-order valence-electron chi connectivity index (χ1n) is 5.75. The van der Waals surface area contributed by atoms with E-state index in [9.17, 15) is 4.79 Å². The van der Waals surface area contributed by atoms with Crippen LogP contribution in [0.25, 0.3) is 0 Å². The highest BCUT2D eigenvalue weighted by Gasteiger charge is 2.31. The first kappa shape index (κ1) is 10.9. The maximum Gasteiger partial charge on any atom is 0.310 e. The molecule has 15 heavy (non-hydrogen) atoms. The summed E-state index contributed by atoms with van der Waals surface area (Å²) in [7, 11) is 0. The Kier molecular flexibility index (Phi) is 3.59. The maximum absolute atomic E-state index is 11.7. The molecule has 2 aliphatic rings. The normalized spacial score (nSPS) is 35.7. The molecule has 2 saturated heterocycles. The number of hydrogen-bond donors (Lipinski definition) is 1. The minimum Gasteiger partial charge on any atom is -0.465 e.